The van der Waals surface area contributed by atoms with E-state index in [9.17, 15) is 9.59 Å². The van der Waals surface area contributed by atoms with Gasteiger partial charge >= 0.3 is 5.69 Å². The van der Waals surface area contributed by atoms with E-state index in [1.807, 2.05) is 42.5 Å². The summed E-state index contributed by atoms with van der Waals surface area (Å²) in [6.07, 6.45) is 1.61. The second kappa shape index (κ2) is 7.40. The number of benzene rings is 2. The molecule has 3 aromatic rings. The molecule has 6 nitrogen and oxygen atoms in total. The van der Waals surface area contributed by atoms with Crippen LogP contribution in [0.15, 0.2) is 65.1 Å². The molecule has 0 fully saturated rings. The number of carbonyl (C=O) groups excluding carboxylic acids is 1. The normalized spacial score (nSPS) is 12.0. The SMILES string of the molecule is C=CCn1c(S[C@@H](C)C(=O)Nc2ccc3ccccc3c2)n[nH]c1=O. The number of H-pyrrole nitrogens is 1. The van der Waals surface area contributed by atoms with Gasteiger partial charge in [-0.2, -0.15) is 0 Å². The molecule has 1 amide bonds. The molecular formula is C18H18N4O2S. The van der Waals surface area contributed by atoms with Crippen molar-refractivity contribution < 1.29 is 4.79 Å². The number of amides is 1. The van der Waals surface area contributed by atoms with Crippen LogP contribution in [0.25, 0.3) is 10.8 Å². The maximum atomic E-state index is 12.5. The highest BCUT2D eigenvalue weighted by Gasteiger charge is 2.19. The first-order chi connectivity index (χ1) is 12.1. The molecule has 1 heterocycles. The fraction of sp³-hybridized carbons (Fsp3) is 0.167. The smallest absolute Gasteiger partial charge is 0.325 e. The van der Waals surface area contributed by atoms with Crippen molar-refractivity contribution in [2.75, 3.05) is 5.32 Å². The molecular weight excluding hydrogens is 336 g/mol. The number of anilines is 1. The van der Waals surface area contributed by atoms with Crippen LogP contribution in [0, 0.1) is 0 Å². The Labute approximate surface area is 148 Å². The van der Waals surface area contributed by atoms with Crippen LogP contribution in [0.1, 0.15) is 6.92 Å². The Kier molecular flexibility index (Phi) is 5.04. The molecule has 25 heavy (non-hydrogen) atoms. The highest BCUT2D eigenvalue weighted by molar-refractivity contribution is 8.00. The number of thioether (sulfide) groups is 1. The maximum absolute atomic E-state index is 12.5. The minimum absolute atomic E-state index is 0.152. The van der Waals surface area contributed by atoms with Gasteiger partial charge in [-0.3, -0.25) is 9.36 Å². The quantitative estimate of drug-likeness (QED) is 0.527. The Morgan fingerprint density at radius 2 is 2.12 bits per heavy atom. The summed E-state index contributed by atoms with van der Waals surface area (Å²) in [5.74, 6) is -0.152. The van der Waals surface area contributed by atoms with Gasteiger partial charge in [0.1, 0.15) is 0 Å². The largest absolute Gasteiger partial charge is 0.344 e. The number of aromatic amines is 1. The Hall–Kier alpha value is -2.80. The van der Waals surface area contributed by atoms with E-state index in [1.165, 1.54) is 16.3 Å². The predicted molar refractivity (Wildman–Crippen MR) is 101 cm³/mol. The first kappa shape index (κ1) is 17.0. The summed E-state index contributed by atoms with van der Waals surface area (Å²) < 4.78 is 1.44. The molecule has 0 radical (unpaired) electrons. The van der Waals surface area contributed by atoms with Crippen LogP contribution >= 0.6 is 11.8 Å². The van der Waals surface area contributed by atoms with E-state index in [1.54, 1.807) is 13.0 Å². The van der Waals surface area contributed by atoms with Crippen LogP contribution < -0.4 is 11.0 Å². The zero-order valence-electron chi connectivity index (χ0n) is 13.7. The van der Waals surface area contributed by atoms with Gasteiger partial charge in [-0.1, -0.05) is 48.2 Å². The molecule has 2 N–H and O–H groups in total. The van der Waals surface area contributed by atoms with Crippen LogP contribution in [0.4, 0.5) is 5.69 Å². The first-order valence-electron chi connectivity index (χ1n) is 7.81. The Bertz CT molecular complexity index is 976. The molecule has 0 aliphatic rings. The van der Waals surface area contributed by atoms with Gasteiger partial charge in [0, 0.05) is 12.2 Å². The van der Waals surface area contributed by atoms with Crippen molar-refractivity contribution in [3.63, 3.8) is 0 Å². The molecule has 0 saturated heterocycles. The monoisotopic (exact) mass is 354 g/mol. The third-order valence-corrected chi connectivity index (χ3v) is 4.79. The van der Waals surface area contributed by atoms with Gasteiger partial charge in [0.15, 0.2) is 5.16 Å². The van der Waals surface area contributed by atoms with Gasteiger partial charge in [0.25, 0.3) is 0 Å². The first-order valence-corrected chi connectivity index (χ1v) is 8.69. The van der Waals surface area contributed by atoms with E-state index in [2.05, 4.69) is 22.1 Å². The number of aromatic nitrogens is 3. The van der Waals surface area contributed by atoms with Crippen LogP contribution in [-0.4, -0.2) is 25.9 Å². The van der Waals surface area contributed by atoms with Gasteiger partial charge in [0.05, 0.1) is 5.25 Å². The van der Waals surface area contributed by atoms with E-state index >= 15 is 0 Å². The van der Waals surface area contributed by atoms with Crippen LogP contribution in [-0.2, 0) is 11.3 Å². The summed E-state index contributed by atoms with van der Waals surface area (Å²) in [4.78, 5) is 24.1. The summed E-state index contributed by atoms with van der Waals surface area (Å²) in [5, 5.41) is 11.5. The van der Waals surface area contributed by atoms with E-state index in [-0.39, 0.29) is 11.6 Å². The van der Waals surface area contributed by atoms with E-state index in [0.29, 0.717) is 11.7 Å². The van der Waals surface area contributed by atoms with Gasteiger partial charge in [-0.05, 0) is 29.8 Å². The number of nitrogens with one attached hydrogen (secondary N) is 2. The zero-order chi connectivity index (χ0) is 17.8. The molecule has 7 heteroatoms. The molecule has 0 saturated carbocycles. The van der Waals surface area contributed by atoms with Crippen LogP contribution in [0.5, 0.6) is 0 Å². The van der Waals surface area contributed by atoms with Gasteiger partial charge in [-0.15, -0.1) is 11.7 Å². The summed E-state index contributed by atoms with van der Waals surface area (Å²) in [6.45, 7) is 5.74. The van der Waals surface area contributed by atoms with Crippen molar-refractivity contribution in [1.82, 2.24) is 14.8 Å². The second-order valence-electron chi connectivity index (χ2n) is 5.52. The lowest BCUT2D eigenvalue weighted by atomic mass is 10.1. The molecule has 128 valence electrons. The van der Waals surface area contributed by atoms with E-state index < -0.39 is 5.25 Å². The number of hydrogen-bond donors (Lipinski definition) is 2. The van der Waals surface area contributed by atoms with E-state index in [4.69, 9.17) is 0 Å². The molecule has 0 unspecified atom stereocenters. The van der Waals surface area contributed by atoms with Gasteiger partial charge in [-0.25, -0.2) is 9.89 Å². The molecule has 3 rings (SSSR count). The maximum Gasteiger partial charge on any atom is 0.344 e. The fourth-order valence-corrected chi connectivity index (χ4v) is 3.27. The third kappa shape index (κ3) is 3.83. The Balaban J connectivity index is 1.71. The minimum Gasteiger partial charge on any atom is -0.325 e. The average Bonchev–Trinajstić information content (AvgIpc) is 2.95. The summed E-state index contributed by atoms with van der Waals surface area (Å²) >= 11 is 1.22. The van der Waals surface area contributed by atoms with E-state index in [0.717, 1.165) is 16.5 Å². The van der Waals surface area contributed by atoms with Crippen molar-refractivity contribution in [2.24, 2.45) is 0 Å². The topological polar surface area (TPSA) is 79.8 Å². The summed E-state index contributed by atoms with van der Waals surface area (Å²) in [7, 11) is 0. The standard InChI is InChI=1S/C18H18N4O2S/c1-3-10-22-17(24)20-21-18(22)25-12(2)16(23)19-15-9-8-13-6-4-5-7-14(13)11-15/h3-9,11-12H,1,10H2,2H3,(H,19,23)(H,20,24)/t12-/m0/s1. The molecule has 1 aromatic heterocycles. The number of allylic oxidation sites excluding steroid dienone is 1. The lowest BCUT2D eigenvalue weighted by molar-refractivity contribution is -0.115. The number of nitrogens with zero attached hydrogens (tertiary/aromatic N) is 2. The Morgan fingerprint density at radius 1 is 1.36 bits per heavy atom. The summed E-state index contributed by atoms with van der Waals surface area (Å²) in [5.41, 5.74) is 0.422. The number of hydrogen-bond acceptors (Lipinski definition) is 4. The van der Waals surface area contributed by atoms with Gasteiger partial charge < -0.3 is 5.32 Å². The average molecular weight is 354 g/mol. The Morgan fingerprint density at radius 3 is 2.88 bits per heavy atom. The molecule has 1 atom stereocenters. The number of carbonyl (C=O) groups is 1. The van der Waals surface area contributed by atoms with Crippen molar-refractivity contribution in [3.8, 4) is 0 Å². The lowest BCUT2D eigenvalue weighted by Gasteiger charge is -2.12. The zero-order valence-corrected chi connectivity index (χ0v) is 14.5. The molecule has 0 bridgehead atoms. The second-order valence-corrected chi connectivity index (χ2v) is 6.83. The van der Waals surface area contributed by atoms with Crippen LogP contribution in [0.2, 0.25) is 0 Å². The number of rotatable bonds is 6. The lowest BCUT2D eigenvalue weighted by Crippen LogP contribution is -2.23. The van der Waals surface area contributed by atoms with Crippen LogP contribution in [0.3, 0.4) is 0 Å². The summed E-state index contributed by atoms with van der Waals surface area (Å²) in [6, 6.07) is 13.7. The highest BCUT2D eigenvalue weighted by Crippen LogP contribution is 2.23. The van der Waals surface area contributed by atoms with Crippen molar-refractivity contribution in [1.29, 1.82) is 0 Å². The molecule has 2 aromatic carbocycles. The van der Waals surface area contributed by atoms with Gasteiger partial charge in [0.2, 0.25) is 5.91 Å². The van der Waals surface area contributed by atoms with Crippen molar-refractivity contribution in [2.45, 2.75) is 23.9 Å². The fourth-order valence-electron chi connectivity index (χ4n) is 2.41. The third-order valence-electron chi connectivity index (χ3n) is 3.70. The molecule has 0 aliphatic heterocycles. The molecule has 0 aliphatic carbocycles. The van der Waals surface area contributed by atoms with Crippen molar-refractivity contribution >= 4 is 34.1 Å². The highest BCUT2D eigenvalue weighted by atomic mass is 32.2. The minimum atomic E-state index is -0.412. The number of fused-ring (bicyclic) bond motifs is 1. The predicted octanol–water partition coefficient (Wildman–Crippen LogP) is 3.03. The van der Waals surface area contributed by atoms with Crippen molar-refractivity contribution in [3.05, 3.63) is 65.6 Å². The molecule has 0 spiro atoms.